The summed E-state index contributed by atoms with van der Waals surface area (Å²) < 4.78 is 10.3. The van der Waals surface area contributed by atoms with E-state index < -0.39 is 12.1 Å². The molecular weight excluding hydrogens is 396 g/mol. The Kier molecular flexibility index (Phi) is 6.21. The zero-order valence-corrected chi connectivity index (χ0v) is 18.3. The number of ether oxygens (including phenoxy) is 2. The molecule has 0 radical (unpaired) electrons. The van der Waals surface area contributed by atoms with E-state index >= 15 is 0 Å². The fourth-order valence-corrected chi connectivity index (χ4v) is 6.10. The molecule has 4 fully saturated rings. The number of hydrogen-bond donors (Lipinski definition) is 2. The van der Waals surface area contributed by atoms with E-state index in [1.165, 1.54) is 26.2 Å². The summed E-state index contributed by atoms with van der Waals surface area (Å²) in [4.78, 5) is 37.4. The van der Waals surface area contributed by atoms with Gasteiger partial charge in [0.1, 0.15) is 12.3 Å². The molecule has 1 atom stereocenters. The van der Waals surface area contributed by atoms with E-state index in [2.05, 4.69) is 10.6 Å². The van der Waals surface area contributed by atoms with E-state index in [4.69, 9.17) is 9.47 Å². The molecule has 1 aromatic carbocycles. The molecule has 7 heteroatoms. The number of nitrogens with one attached hydrogen (secondary N) is 2. The zero-order chi connectivity index (χ0) is 22.0. The highest BCUT2D eigenvalue weighted by Crippen LogP contribution is 2.60. The lowest BCUT2D eigenvalue weighted by atomic mass is 9.49. The van der Waals surface area contributed by atoms with Gasteiger partial charge in [-0.2, -0.15) is 0 Å². The average Bonchev–Trinajstić information content (AvgIpc) is 2.75. The predicted octanol–water partition coefficient (Wildman–Crippen LogP) is 2.58. The van der Waals surface area contributed by atoms with E-state index in [9.17, 15) is 14.4 Å². The van der Waals surface area contributed by atoms with Gasteiger partial charge in [0.2, 0.25) is 5.91 Å². The summed E-state index contributed by atoms with van der Waals surface area (Å²) in [7, 11) is 1.60. The van der Waals surface area contributed by atoms with E-state index in [0.717, 1.165) is 30.6 Å². The second-order valence-corrected chi connectivity index (χ2v) is 9.58. The maximum atomic E-state index is 12.9. The topological polar surface area (TPSA) is 93.7 Å². The van der Waals surface area contributed by atoms with Crippen molar-refractivity contribution in [1.82, 2.24) is 10.6 Å². The van der Waals surface area contributed by atoms with Crippen molar-refractivity contribution in [3.05, 3.63) is 29.8 Å². The van der Waals surface area contributed by atoms with Gasteiger partial charge >= 0.3 is 5.97 Å². The van der Waals surface area contributed by atoms with Crippen LogP contribution in [-0.4, -0.2) is 37.5 Å². The van der Waals surface area contributed by atoms with E-state index in [1.54, 1.807) is 7.11 Å². The van der Waals surface area contributed by atoms with Gasteiger partial charge in [-0.3, -0.25) is 14.4 Å². The van der Waals surface area contributed by atoms with Crippen LogP contribution >= 0.6 is 0 Å². The Morgan fingerprint density at radius 3 is 2.13 bits per heavy atom. The molecular formula is C24H32N2O5. The van der Waals surface area contributed by atoms with Crippen molar-refractivity contribution in [2.24, 2.45) is 23.2 Å². The van der Waals surface area contributed by atoms with Gasteiger partial charge in [-0.25, -0.2) is 0 Å². The van der Waals surface area contributed by atoms with Crippen molar-refractivity contribution in [3.8, 4) is 5.75 Å². The Balaban J connectivity index is 1.20. The maximum absolute atomic E-state index is 12.9. The lowest BCUT2D eigenvalue weighted by molar-refractivity contribution is -0.156. The third-order valence-electron chi connectivity index (χ3n) is 7.22. The third kappa shape index (κ3) is 4.86. The van der Waals surface area contributed by atoms with Crippen molar-refractivity contribution in [1.29, 1.82) is 0 Å². The van der Waals surface area contributed by atoms with Crippen LogP contribution in [0.15, 0.2) is 24.3 Å². The van der Waals surface area contributed by atoms with Crippen LogP contribution in [0.3, 0.4) is 0 Å². The van der Waals surface area contributed by atoms with Gasteiger partial charge in [-0.05, 0) is 80.9 Å². The quantitative estimate of drug-likeness (QED) is 0.621. The molecule has 168 valence electrons. The fraction of sp³-hybridized carbons (Fsp3) is 0.625. The van der Waals surface area contributed by atoms with Crippen molar-refractivity contribution in [2.75, 3.05) is 13.7 Å². The summed E-state index contributed by atoms with van der Waals surface area (Å²) in [5.74, 6) is 1.75. The summed E-state index contributed by atoms with van der Waals surface area (Å²) in [6.07, 6.45) is 5.70. The number of carbonyl (C=O) groups is 3. The normalized spacial score (nSPS) is 29.2. The smallest absolute Gasteiger partial charge is 0.326 e. The molecule has 2 N–H and O–H groups in total. The summed E-state index contributed by atoms with van der Waals surface area (Å²) in [6, 6.07) is 7.35. The molecule has 0 spiro atoms. The van der Waals surface area contributed by atoms with Crippen molar-refractivity contribution < 1.29 is 23.9 Å². The van der Waals surface area contributed by atoms with Gasteiger partial charge in [0.15, 0.2) is 6.10 Å². The lowest BCUT2D eigenvalue weighted by Gasteiger charge is -2.55. The highest BCUT2D eigenvalue weighted by Gasteiger charge is 2.54. The summed E-state index contributed by atoms with van der Waals surface area (Å²) in [5, 5.41) is 5.55. The van der Waals surface area contributed by atoms with Crippen molar-refractivity contribution >= 4 is 17.8 Å². The summed E-state index contributed by atoms with van der Waals surface area (Å²) in [6.45, 7) is 1.66. The minimum atomic E-state index is -0.929. The van der Waals surface area contributed by atoms with Gasteiger partial charge in [0.25, 0.3) is 5.91 Å². The van der Waals surface area contributed by atoms with Crippen LogP contribution < -0.4 is 15.4 Å². The van der Waals surface area contributed by atoms with Crippen LogP contribution in [0.1, 0.15) is 51.0 Å². The van der Waals surface area contributed by atoms with Gasteiger partial charge in [-0.1, -0.05) is 12.1 Å². The number of methoxy groups -OCH3 is 1. The van der Waals surface area contributed by atoms with Crippen LogP contribution in [0.25, 0.3) is 0 Å². The van der Waals surface area contributed by atoms with Crippen molar-refractivity contribution in [2.45, 2.75) is 58.1 Å². The van der Waals surface area contributed by atoms with Crippen LogP contribution in [0.2, 0.25) is 0 Å². The van der Waals surface area contributed by atoms with Gasteiger partial charge in [-0.15, -0.1) is 0 Å². The van der Waals surface area contributed by atoms with Gasteiger partial charge in [0, 0.05) is 12.0 Å². The lowest BCUT2D eigenvalue weighted by Crippen LogP contribution is -2.54. The number of esters is 1. The monoisotopic (exact) mass is 428 g/mol. The molecule has 4 aliphatic rings. The fourth-order valence-electron chi connectivity index (χ4n) is 6.10. The largest absolute Gasteiger partial charge is 0.497 e. The minimum Gasteiger partial charge on any atom is -0.497 e. The molecule has 0 heterocycles. The molecule has 5 rings (SSSR count). The standard InChI is InChI=1S/C24H32N2O5/c1-15(22(28)25-13-16-3-5-20(30-2)6-4-16)31-21(27)14-26-23(29)24-10-17-7-18(11-24)9-19(8-17)12-24/h3-6,15,17-19H,7-14H2,1-2H3,(H,25,28)(H,26,29)/t15-,17?,18?,19?,24?/m0/s1. The first-order chi connectivity index (χ1) is 14.9. The molecule has 7 nitrogen and oxygen atoms in total. The molecule has 0 aliphatic heterocycles. The van der Waals surface area contributed by atoms with E-state index in [-0.39, 0.29) is 23.8 Å². The van der Waals surface area contributed by atoms with Crippen LogP contribution in [0, 0.1) is 23.2 Å². The van der Waals surface area contributed by atoms with Crippen LogP contribution in [-0.2, 0) is 25.7 Å². The summed E-state index contributed by atoms with van der Waals surface area (Å²) >= 11 is 0. The van der Waals surface area contributed by atoms with E-state index in [0.29, 0.717) is 24.3 Å². The number of benzene rings is 1. The molecule has 2 amide bonds. The number of carbonyl (C=O) groups excluding carboxylic acids is 3. The third-order valence-corrected chi connectivity index (χ3v) is 7.22. The second kappa shape index (κ2) is 8.89. The Labute approximate surface area is 183 Å². The van der Waals surface area contributed by atoms with Gasteiger partial charge < -0.3 is 20.1 Å². The SMILES string of the molecule is COc1ccc(CNC(=O)[C@H](C)OC(=O)CNC(=O)C23CC4CC(CC(C4)C2)C3)cc1. The van der Waals surface area contributed by atoms with Crippen molar-refractivity contribution in [3.63, 3.8) is 0 Å². The Hall–Kier alpha value is -2.57. The molecule has 31 heavy (non-hydrogen) atoms. The minimum absolute atomic E-state index is 0.0137. The molecule has 0 saturated heterocycles. The Bertz CT molecular complexity index is 800. The first-order valence-corrected chi connectivity index (χ1v) is 11.3. The maximum Gasteiger partial charge on any atom is 0.326 e. The molecule has 0 unspecified atom stereocenters. The zero-order valence-electron chi connectivity index (χ0n) is 18.3. The average molecular weight is 429 g/mol. The Morgan fingerprint density at radius 1 is 1.00 bits per heavy atom. The van der Waals surface area contributed by atoms with Crippen LogP contribution in [0.5, 0.6) is 5.75 Å². The first-order valence-electron chi connectivity index (χ1n) is 11.3. The number of rotatable bonds is 8. The predicted molar refractivity (Wildman–Crippen MR) is 114 cm³/mol. The number of hydrogen-bond acceptors (Lipinski definition) is 5. The summed E-state index contributed by atoms with van der Waals surface area (Å²) in [5.41, 5.74) is 0.617. The van der Waals surface area contributed by atoms with Crippen LogP contribution in [0.4, 0.5) is 0 Å². The molecule has 1 aromatic rings. The molecule has 4 bridgehead atoms. The first kappa shape index (κ1) is 21.7. The molecule has 4 aliphatic carbocycles. The highest BCUT2D eigenvalue weighted by atomic mass is 16.5. The van der Waals surface area contributed by atoms with E-state index in [1.807, 2.05) is 24.3 Å². The molecule has 4 saturated carbocycles. The van der Waals surface area contributed by atoms with Gasteiger partial charge in [0.05, 0.1) is 7.11 Å². The molecule has 0 aromatic heterocycles. The second-order valence-electron chi connectivity index (χ2n) is 9.58. The highest BCUT2D eigenvalue weighted by molar-refractivity contribution is 5.88. The Morgan fingerprint density at radius 2 is 1.58 bits per heavy atom. The number of amides is 2.